The summed E-state index contributed by atoms with van der Waals surface area (Å²) >= 11 is 8.45. The Morgan fingerprint density at radius 1 is 1.25 bits per heavy atom. The van der Waals surface area contributed by atoms with Crippen molar-refractivity contribution in [2.45, 2.75) is 39.0 Å². The van der Waals surface area contributed by atoms with Crippen molar-refractivity contribution in [3.63, 3.8) is 0 Å². The Kier molecular flexibility index (Phi) is 8.46. The number of amides is 1. The molecule has 0 spiro atoms. The van der Waals surface area contributed by atoms with Gasteiger partial charge in [0.05, 0.1) is 0 Å². The molecule has 110 valence electrons. The van der Waals surface area contributed by atoms with Gasteiger partial charge in [0.2, 0.25) is 0 Å². The van der Waals surface area contributed by atoms with Crippen molar-refractivity contribution in [2.24, 2.45) is 0 Å². The highest BCUT2D eigenvalue weighted by atomic mass is 79.9. The van der Waals surface area contributed by atoms with Crippen molar-refractivity contribution < 1.29 is 4.79 Å². The topological polar surface area (TPSA) is 41.1 Å². The summed E-state index contributed by atoms with van der Waals surface area (Å²) in [5.41, 5.74) is 0.589. The molecule has 0 saturated carbocycles. The van der Waals surface area contributed by atoms with Gasteiger partial charge in [0.1, 0.15) is 0 Å². The number of carbonyl (C=O) groups excluding carboxylic acids is 1. The number of hydrogen-bond acceptors (Lipinski definition) is 2. The number of unbranched alkanes of at least 4 members (excludes halogenated alkanes) is 4. The highest BCUT2D eigenvalue weighted by molar-refractivity contribution is 9.10. The predicted molar refractivity (Wildman–Crippen MR) is 91.0 cm³/mol. The second-order valence-corrected chi connectivity index (χ2v) is 5.96. The Bertz CT molecular complexity index is 451. The van der Waals surface area contributed by atoms with Crippen LogP contribution < -0.4 is 10.6 Å². The van der Waals surface area contributed by atoms with Crippen LogP contribution in [0.2, 0.25) is 0 Å². The zero-order valence-corrected chi connectivity index (χ0v) is 14.1. The number of halogens is 1. The van der Waals surface area contributed by atoms with Crippen molar-refractivity contribution in [1.29, 1.82) is 0 Å². The minimum absolute atomic E-state index is 0.185. The van der Waals surface area contributed by atoms with E-state index in [2.05, 4.69) is 33.5 Å². The standard InChI is InChI=1S/C15H21BrN2OS/c1-2-3-4-5-6-10-17-15(20)18-14(19)12-8-7-9-13(16)11-12/h7-9,11H,2-6,10H2,1H3,(H2,17,18,19,20). The first kappa shape index (κ1) is 17.1. The molecule has 0 aromatic heterocycles. The summed E-state index contributed by atoms with van der Waals surface area (Å²) < 4.78 is 0.875. The fraction of sp³-hybridized carbons (Fsp3) is 0.467. The Labute approximate surface area is 134 Å². The van der Waals surface area contributed by atoms with Gasteiger partial charge in [0, 0.05) is 16.6 Å². The maximum atomic E-state index is 11.9. The Morgan fingerprint density at radius 2 is 2.00 bits per heavy atom. The summed E-state index contributed by atoms with van der Waals surface area (Å²) in [6, 6.07) is 7.23. The molecule has 0 unspecified atom stereocenters. The Balaban J connectivity index is 2.23. The van der Waals surface area contributed by atoms with Gasteiger partial charge in [-0.3, -0.25) is 10.1 Å². The third-order valence-corrected chi connectivity index (χ3v) is 3.62. The highest BCUT2D eigenvalue weighted by Gasteiger charge is 2.07. The number of nitrogens with one attached hydrogen (secondary N) is 2. The molecule has 0 radical (unpaired) electrons. The molecule has 1 aromatic rings. The quantitative estimate of drug-likeness (QED) is 0.572. The molecule has 0 atom stereocenters. The van der Waals surface area contributed by atoms with Gasteiger partial charge in [-0.25, -0.2) is 0 Å². The number of hydrogen-bond donors (Lipinski definition) is 2. The minimum atomic E-state index is -0.185. The van der Waals surface area contributed by atoms with Crippen molar-refractivity contribution in [3.05, 3.63) is 34.3 Å². The lowest BCUT2D eigenvalue weighted by molar-refractivity contribution is 0.0976. The molecule has 0 heterocycles. The second kappa shape index (κ2) is 9.88. The van der Waals surface area contributed by atoms with Crippen LogP contribution in [0, 0.1) is 0 Å². The van der Waals surface area contributed by atoms with Gasteiger partial charge >= 0.3 is 0 Å². The molecule has 0 saturated heterocycles. The van der Waals surface area contributed by atoms with Gasteiger partial charge in [0.15, 0.2) is 5.11 Å². The molecule has 5 heteroatoms. The summed E-state index contributed by atoms with van der Waals surface area (Å²) in [6.45, 7) is 3.01. The van der Waals surface area contributed by atoms with E-state index < -0.39 is 0 Å². The van der Waals surface area contributed by atoms with Crippen LogP contribution in [0.25, 0.3) is 0 Å². The average Bonchev–Trinajstić information content (AvgIpc) is 2.42. The first-order valence-corrected chi connectivity index (χ1v) is 8.18. The van der Waals surface area contributed by atoms with Crippen molar-refractivity contribution in [1.82, 2.24) is 10.6 Å². The molecule has 0 aliphatic heterocycles. The van der Waals surface area contributed by atoms with E-state index >= 15 is 0 Å². The van der Waals surface area contributed by atoms with Crippen LogP contribution >= 0.6 is 28.1 Å². The first-order valence-electron chi connectivity index (χ1n) is 6.98. The van der Waals surface area contributed by atoms with Crippen LogP contribution in [0.1, 0.15) is 49.4 Å². The van der Waals surface area contributed by atoms with Crippen LogP contribution in [0.15, 0.2) is 28.7 Å². The summed E-state index contributed by atoms with van der Waals surface area (Å²) in [6.07, 6.45) is 6.06. The monoisotopic (exact) mass is 356 g/mol. The number of thiocarbonyl (C=S) groups is 1. The van der Waals surface area contributed by atoms with Gasteiger partial charge in [-0.2, -0.15) is 0 Å². The summed E-state index contributed by atoms with van der Waals surface area (Å²) in [5, 5.41) is 6.14. The molecule has 0 aliphatic rings. The molecule has 1 amide bonds. The lowest BCUT2D eigenvalue weighted by Gasteiger charge is -2.09. The smallest absolute Gasteiger partial charge is 0.257 e. The minimum Gasteiger partial charge on any atom is -0.362 e. The molecular formula is C15H21BrN2OS. The van der Waals surface area contributed by atoms with E-state index in [1.807, 2.05) is 12.1 Å². The zero-order chi connectivity index (χ0) is 14.8. The van der Waals surface area contributed by atoms with Gasteiger partial charge < -0.3 is 5.32 Å². The fourth-order valence-electron chi connectivity index (χ4n) is 1.78. The molecule has 0 bridgehead atoms. The maximum absolute atomic E-state index is 11.9. The van der Waals surface area contributed by atoms with E-state index in [0.717, 1.165) is 17.4 Å². The predicted octanol–water partition coefficient (Wildman–Crippen LogP) is 4.02. The van der Waals surface area contributed by atoms with Crippen LogP contribution in [-0.4, -0.2) is 17.6 Å². The molecule has 0 fully saturated rings. The molecule has 3 nitrogen and oxygen atoms in total. The van der Waals surface area contributed by atoms with Gasteiger partial charge in [-0.15, -0.1) is 0 Å². The molecule has 20 heavy (non-hydrogen) atoms. The SMILES string of the molecule is CCCCCCCNC(=S)NC(=O)c1cccc(Br)c1. The molecule has 2 N–H and O–H groups in total. The largest absolute Gasteiger partial charge is 0.362 e. The molecular weight excluding hydrogens is 336 g/mol. The van der Waals surface area contributed by atoms with Crippen LogP contribution in [0.5, 0.6) is 0 Å². The lowest BCUT2D eigenvalue weighted by atomic mass is 10.1. The Hall–Kier alpha value is -0.940. The number of rotatable bonds is 7. The van der Waals surface area contributed by atoms with E-state index in [1.165, 1.54) is 25.7 Å². The van der Waals surface area contributed by atoms with Crippen LogP contribution in [0.3, 0.4) is 0 Å². The highest BCUT2D eigenvalue weighted by Crippen LogP contribution is 2.11. The van der Waals surface area contributed by atoms with E-state index in [0.29, 0.717) is 10.7 Å². The van der Waals surface area contributed by atoms with Crippen LogP contribution in [0.4, 0.5) is 0 Å². The van der Waals surface area contributed by atoms with Crippen molar-refractivity contribution in [2.75, 3.05) is 6.54 Å². The third-order valence-electron chi connectivity index (χ3n) is 2.88. The van der Waals surface area contributed by atoms with Gasteiger partial charge in [0.25, 0.3) is 5.91 Å². The summed E-state index contributed by atoms with van der Waals surface area (Å²) in [5.74, 6) is -0.185. The van der Waals surface area contributed by atoms with E-state index in [9.17, 15) is 4.79 Å². The van der Waals surface area contributed by atoms with E-state index in [1.54, 1.807) is 12.1 Å². The third kappa shape index (κ3) is 7.01. The molecule has 0 aliphatic carbocycles. The lowest BCUT2D eigenvalue weighted by Crippen LogP contribution is -2.39. The zero-order valence-electron chi connectivity index (χ0n) is 11.7. The van der Waals surface area contributed by atoms with Crippen molar-refractivity contribution in [3.8, 4) is 0 Å². The number of benzene rings is 1. The van der Waals surface area contributed by atoms with E-state index in [4.69, 9.17) is 12.2 Å². The molecule has 1 aromatic carbocycles. The Morgan fingerprint density at radius 3 is 2.70 bits per heavy atom. The maximum Gasteiger partial charge on any atom is 0.257 e. The summed E-state index contributed by atoms with van der Waals surface area (Å²) in [4.78, 5) is 11.9. The van der Waals surface area contributed by atoms with Crippen molar-refractivity contribution >= 4 is 39.2 Å². The fourth-order valence-corrected chi connectivity index (χ4v) is 2.37. The second-order valence-electron chi connectivity index (χ2n) is 4.63. The normalized spacial score (nSPS) is 10.1. The summed E-state index contributed by atoms with van der Waals surface area (Å²) in [7, 11) is 0. The van der Waals surface area contributed by atoms with E-state index in [-0.39, 0.29) is 5.91 Å². The van der Waals surface area contributed by atoms with Crippen LogP contribution in [-0.2, 0) is 0 Å². The molecule has 1 rings (SSSR count). The average molecular weight is 357 g/mol. The first-order chi connectivity index (χ1) is 9.63. The number of carbonyl (C=O) groups is 1. The van der Waals surface area contributed by atoms with Gasteiger partial charge in [-0.05, 0) is 36.8 Å². The van der Waals surface area contributed by atoms with Gasteiger partial charge in [-0.1, -0.05) is 54.6 Å².